The van der Waals surface area contributed by atoms with Gasteiger partial charge in [-0.2, -0.15) is 0 Å². The van der Waals surface area contributed by atoms with Crippen LogP contribution in [0.15, 0.2) is 48.5 Å². The number of carbonyl (C=O) groups is 3. The molecule has 8 nitrogen and oxygen atoms in total. The Morgan fingerprint density at radius 2 is 1.58 bits per heavy atom. The molecule has 0 bridgehead atoms. The summed E-state index contributed by atoms with van der Waals surface area (Å²) >= 11 is 0. The minimum Gasteiger partial charge on any atom is -0.459 e. The number of hydrogen-bond donors (Lipinski definition) is 2. The Kier molecular flexibility index (Phi) is 7.18. The molecular weight excluding hydrogens is 482 g/mol. The molecule has 2 aromatic carbocycles. The molecule has 2 aromatic rings. The van der Waals surface area contributed by atoms with Gasteiger partial charge in [0.05, 0.1) is 0 Å². The molecule has 2 fully saturated rings. The van der Waals surface area contributed by atoms with Gasteiger partial charge in [0.25, 0.3) is 5.91 Å². The van der Waals surface area contributed by atoms with Crippen molar-refractivity contribution in [1.82, 2.24) is 15.5 Å². The van der Waals surface area contributed by atoms with Crippen LogP contribution < -0.4 is 10.6 Å². The fourth-order valence-corrected chi connectivity index (χ4v) is 6.01. The maximum atomic E-state index is 13.9. The summed E-state index contributed by atoms with van der Waals surface area (Å²) in [7, 11) is 0. The van der Waals surface area contributed by atoms with Crippen LogP contribution in [0.25, 0.3) is 11.1 Å². The molecule has 0 radical (unpaired) electrons. The summed E-state index contributed by atoms with van der Waals surface area (Å²) in [6.07, 6.45) is 2.04. The molecule has 2 saturated heterocycles. The molecule has 1 aliphatic carbocycles. The van der Waals surface area contributed by atoms with Crippen molar-refractivity contribution in [2.24, 2.45) is 0 Å². The van der Waals surface area contributed by atoms with Crippen LogP contribution >= 0.6 is 0 Å². The van der Waals surface area contributed by atoms with Crippen LogP contribution in [0.3, 0.4) is 0 Å². The Hall–Kier alpha value is -3.39. The molecule has 5 rings (SSSR count). The number of hydrogen-bond acceptors (Lipinski definition) is 6. The van der Waals surface area contributed by atoms with Crippen LogP contribution in [0.4, 0.5) is 4.79 Å². The molecule has 0 saturated carbocycles. The number of ether oxygens (including phenoxy) is 2. The van der Waals surface area contributed by atoms with Gasteiger partial charge in [-0.1, -0.05) is 48.5 Å². The highest BCUT2D eigenvalue weighted by Crippen LogP contribution is 2.44. The molecule has 8 heteroatoms. The summed E-state index contributed by atoms with van der Waals surface area (Å²) in [5.41, 5.74) is 2.28. The van der Waals surface area contributed by atoms with Gasteiger partial charge in [0.2, 0.25) is 0 Å². The summed E-state index contributed by atoms with van der Waals surface area (Å²) in [4.78, 5) is 42.4. The van der Waals surface area contributed by atoms with Gasteiger partial charge in [0, 0.05) is 19.0 Å². The van der Waals surface area contributed by atoms with Crippen molar-refractivity contribution in [1.29, 1.82) is 0 Å². The van der Waals surface area contributed by atoms with Crippen LogP contribution in [0.1, 0.15) is 63.5 Å². The zero-order valence-corrected chi connectivity index (χ0v) is 22.4. The third kappa shape index (κ3) is 5.01. The first-order valence-electron chi connectivity index (χ1n) is 13.6. The van der Waals surface area contributed by atoms with Crippen LogP contribution in [-0.2, 0) is 19.1 Å². The number of fused-ring (bicyclic) bond motifs is 3. The van der Waals surface area contributed by atoms with Gasteiger partial charge >= 0.3 is 12.1 Å². The molecule has 2 atom stereocenters. The van der Waals surface area contributed by atoms with E-state index in [2.05, 4.69) is 34.9 Å². The Morgan fingerprint density at radius 1 is 0.974 bits per heavy atom. The number of nitrogens with one attached hydrogen (secondary N) is 2. The third-order valence-corrected chi connectivity index (χ3v) is 7.68. The Bertz CT molecular complexity index is 1170. The molecule has 38 heavy (non-hydrogen) atoms. The molecule has 202 valence electrons. The lowest BCUT2D eigenvalue weighted by Gasteiger charge is -2.44. The molecule has 3 aliphatic rings. The maximum absolute atomic E-state index is 13.9. The Labute approximate surface area is 224 Å². The number of carbonyl (C=O) groups excluding carboxylic acids is 3. The summed E-state index contributed by atoms with van der Waals surface area (Å²) < 4.78 is 11.5. The largest absolute Gasteiger partial charge is 0.459 e. The monoisotopic (exact) mass is 519 g/mol. The number of amides is 2. The summed E-state index contributed by atoms with van der Waals surface area (Å²) in [6.45, 7) is 7.25. The smallest absolute Gasteiger partial charge is 0.408 e. The number of esters is 1. The molecule has 2 N–H and O–H groups in total. The standard InChI is InChI=1S/C30H37N3O5/c1-29(2,3)38-26(34)25-30(15-10-16-31-25,27(35)33-17-8-9-18-33)32-28(36)37-19-24-22-13-6-4-11-20(22)21-12-5-7-14-23(21)24/h4-7,11-14,24-25,31H,8-10,15-19H2,1-3H3,(H,32,36). The number of alkyl carbamates (subject to hydrolysis) is 1. The van der Waals surface area contributed by atoms with E-state index in [0.717, 1.165) is 35.1 Å². The Morgan fingerprint density at radius 3 is 2.18 bits per heavy atom. The van der Waals surface area contributed by atoms with Gasteiger partial charge in [-0.05, 0) is 75.3 Å². The first-order valence-corrected chi connectivity index (χ1v) is 13.6. The fourth-order valence-electron chi connectivity index (χ4n) is 6.01. The second-order valence-corrected chi connectivity index (χ2v) is 11.4. The van der Waals surface area contributed by atoms with Crippen LogP contribution in [0.5, 0.6) is 0 Å². The first kappa shape index (κ1) is 26.2. The molecule has 2 unspecified atom stereocenters. The van der Waals surface area contributed by atoms with Gasteiger partial charge in [-0.3, -0.25) is 9.59 Å². The highest BCUT2D eigenvalue weighted by atomic mass is 16.6. The van der Waals surface area contributed by atoms with E-state index in [4.69, 9.17) is 9.47 Å². The lowest BCUT2D eigenvalue weighted by molar-refractivity contribution is -0.164. The summed E-state index contributed by atoms with van der Waals surface area (Å²) in [5.74, 6) is -0.917. The maximum Gasteiger partial charge on any atom is 0.408 e. The number of rotatable bonds is 5. The fraction of sp³-hybridized carbons (Fsp3) is 0.500. The summed E-state index contributed by atoms with van der Waals surface area (Å²) in [6, 6.07) is 15.3. The second-order valence-electron chi connectivity index (χ2n) is 11.4. The predicted octanol–water partition coefficient (Wildman–Crippen LogP) is 3.98. The number of benzene rings is 2. The van der Waals surface area contributed by atoms with E-state index in [0.29, 0.717) is 32.5 Å². The van der Waals surface area contributed by atoms with E-state index >= 15 is 0 Å². The van der Waals surface area contributed by atoms with Gasteiger partial charge < -0.3 is 25.0 Å². The van der Waals surface area contributed by atoms with Crippen molar-refractivity contribution in [3.05, 3.63) is 59.7 Å². The van der Waals surface area contributed by atoms with Gasteiger partial charge in [0.1, 0.15) is 23.8 Å². The van der Waals surface area contributed by atoms with E-state index in [1.165, 1.54) is 0 Å². The lowest BCUT2D eigenvalue weighted by Crippen LogP contribution is -2.73. The quantitative estimate of drug-likeness (QED) is 0.580. The predicted molar refractivity (Wildman–Crippen MR) is 144 cm³/mol. The van der Waals surface area contributed by atoms with Crippen LogP contribution in [-0.4, -0.2) is 66.3 Å². The van der Waals surface area contributed by atoms with Crippen LogP contribution in [0, 0.1) is 0 Å². The molecule has 0 spiro atoms. The SMILES string of the molecule is CC(C)(C)OC(=O)C1NCCCC1(NC(=O)OCC1c2ccccc2-c2ccccc21)C(=O)N1CCCC1. The number of piperidine rings is 1. The molecule has 2 amide bonds. The molecular formula is C30H37N3O5. The number of likely N-dealkylation sites (tertiary alicyclic amines) is 1. The van der Waals surface area contributed by atoms with Gasteiger partial charge in [0.15, 0.2) is 0 Å². The highest BCUT2D eigenvalue weighted by molar-refractivity contribution is 5.97. The lowest BCUT2D eigenvalue weighted by atomic mass is 9.80. The molecule has 0 aromatic heterocycles. The van der Waals surface area contributed by atoms with Crippen molar-refractivity contribution in [3.8, 4) is 11.1 Å². The average Bonchev–Trinajstić information content (AvgIpc) is 3.53. The van der Waals surface area contributed by atoms with E-state index in [-0.39, 0.29) is 18.4 Å². The van der Waals surface area contributed by atoms with E-state index in [1.807, 2.05) is 24.3 Å². The van der Waals surface area contributed by atoms with Crippen LogP contribution in [0.2, 0.25) is 0 Å². The van der Waals surface area contributed by atoms with Crippen molar-refractivity contribution < 1.29 is 23.9 Å². The zero-order valence-electron chi connectivity index (χ0n) is 22.4. The van der Waals surface area contributed by atoms with Gasteiger partial charge in [-0.25, -0.2) is 4.79 Å². The van der Waals surface area contributed by atoms with Crippen molar-refractivity contribution in [2.75, 3.05) is 26.2 Å². The van der Waals surface area contributed by atoms with E-state index in [1.54, 1.807) is 25.7 Å². The topological polar surface area (TPSA) is 97.0 Å². The van der Waals surface area contributed by atoms with Crippen molar-refractivity contribution >= 4 is 18.0 Å². The molecule has 2 aliphatic heterocycles. The van der Waals surface area contributed by atoms with E-state index in [9.17, 15) is 14.4 Å². The minimum atomic E-state index is -1.48. The van der Waals surface area contributed by atoms with Crippen molar-refractivity contribution in [3.63, 3.8) is 0 Å². The second kappa shape index (κ2) is 10.4. The first-order chi connectivity index (χ1) is 18.2. The minimum absolute atomic E-state index is 0.107. The third-order valence-electron chi connectivity index (χ3n) is 7.68. The highest BCUT2D eigenvalue weighted by Gasteiger charge is 2.55. The van der Waals surface area contributed by atoms with Crippen molar-refractivity contribution in [2.45, 2.75) is 69.6 Å². The molecule has 2 heterocycles. The Balaban J connectivity index is 1.38. The zero-order chi connectivity index (χ0) is 26.9. The van der Waals surface area contributed by atoms with Gasteiger partial charge in [-0.15, -0.1) is 0 Å². The normalized spacial score (nSPS) is 22.9. The summed E-state index contributed by atoms with van der Waals surface area (Å²) in [5, 5.41) is 6.06. The average molecular weight is 520 g/mol. The van der Waals surface area contributed by atoms with E-state index < -0.39 is 29.2 Å². The number of nitrogens with zero attached hydrogens (tertiary/aromatic N) is 1.